The number of halogens is 1. The van der Waals surface area contributed by atoms with Crippen LogP contribution in [0, 0.1) is 0 Å². The van der Waals surface area contributed by atoms with Crippen LogP contribution in [0.1, 0.15) is 22.4 Å². The standard InChI is InChI=1S/C26H22BrN3O3S/c27-16-17-33-30-23(24(31)32)22-18-34-25(28-22)29-26(19-10-4-1-5-11-19,20-12-6-2-7-13-20)21-14-8-3-9-15-21/h1-15,18H,16-17H2,(H,28,29)(H,31,32)/b30-23+. The number of aliphatic carboxylic acids is 1. The van der Waals surface area contributed by atoms with Crippen LogP contribution in [0.15, 0.2) is 102 Å². The maximum absolute atomic E-state index is 11.8. The molecule has 0 bridgehead atoms. The first-order valence-electron chi connectivity index (χ1n) is 10.5. The number of alkyl halides is 1. The highest BCUT2D eigenvalue weighted by atomic mass is 79.9. The molecule has 0 unspecified atom stereocenters. The monoisotopic (exact) mass is 535 g/mol. The van der Waals surface area contributed by atoms with E-state index < -0.39 is 11.5 Å². The van der Waals surface area contributed by atoms with Crippen LogP contribution in [0.5, 0.6) is 0 Å². The highest BCUT2D eigenvalue weighted by Crippen LogP contribution is 2.40. The van der Waals surface area contributed by atoms with Gasteiger partial charge in [0.05, 0.1) is 0 Å². The quantitative estimate of drug-likeness (QED) is 0.0887. The number of nitrogens with zero attached hydrogens (tertiary/aromatic N) is 2. The largest absolute Gasteiger partial charge is 0.476 e. The maximum atomic E-state index is 11.8. The van der Waals surface area contributed by atoms with Crippen molar-refractivity contribution in [3.8, 4) is 0 Å². The van der Waals surface area contributed by atoms with Crippen molar-refractivity contribution in [1.29, 1.82) is 0 Å². The molecule has 0 aliphatic heterocycles. The molecule has 0 fully saturated rings. The Balaban J connectivity index is 1.84. The lowest BCUT2D eigenvalue weighted by molar-refractivity contribution is -0.129. The maximum Gasteiger partial charge on any atom is 0.360 e. The van der Waals surface area contributed by atoms with E-state index in [-0.39, 0.29) is 18.0 Å². The van der Waals surface area contributed by atoms with E-state index in [9.17, 15) is 9.90 Å². The number of thiazole rings is 1. The second-order valence-corrected chi connectivity index (χ2v) is 8.93. The van der Waals surface area contributed by atoms with Crippen molar-refractivity contribution in [2.75, 3.05) is 17.3 Å². The molecule has 6 nitrogen and oxygen atoms in total. The predicted molar refractivity (Wildman–Crippen MR) is 139 cm³/mol. The fourth-order valence-corrected chi connectivity index (χ4v) is 4.62. The molecule has 0 radical (unpaired) electrons. The third-order valence-corrected chi connectivity index (χ3v) is 6.27. The highest BCUT2D eigenvalue weighted by molar-refractivity contribution is 9.09. The Morgan fingerprint density at radius 2 is 1.44 bits per heavy atom. The summed E-state index contributed by atoms with van der Waals surface area (Å²) in [5.74, 6) is -1.20. The van der Waals surface area contributed by atoms with E-state index in [1.165, 1.54) is 11.3 Å². The van der Waals surface area contributed by atoms with E-state index in [2.05, 4.69) is 67.8 Å². The molecule has 34 heavy (non-hydrogen) atoms. The molecule has 172 valence electrons. The fourth-order valence-electron chi connectivity index (χ4n) is 3.72. The molecule has 0 amide bonds. The number of anilines is 1. The predicted octanol–water partition coefficient (Wildman–Crippen LogP) is 5.75. The molecule has 0 aliphatic rings. The molecule has 0 saturated heterocycles. The normalized spacial score (nSPS) is 11.7. The van der Waals surface area contributed by atoms with Gasteiger partial charge in [0.2, 0.25) is 5.71 Å². The molecule has 1 aromatic heterocycles. The Bertz CT molecular complexity index is 1150. The van der Waals surface area contributed by atoms with Crippen molar-refractivity contribution in [3.05, 3.63) is 119 Å². The Morgan fingerprint density at radius 3 is 1.88 bits per heavy atom. The molecule has 4 aromatic rings. The van der Waals surface area contributed by atoms with Crippen molar-refractivity contribution in [3.63, 3.8) is 0 Å². The number of carboxylic acid groups (broad SMARTS) is 1. The molecule has 0 aliphatic carbocycles. The smallest absolute Gasteiger partial charge is 0.360 e. The molecule has 4 rings (SSSR count). The molecular formula is C26H22BrN3O3S. The summed E-state index contributed by atoms with van der Waals surface area (Å²) < 4.78 is 0. The van der Waals surface area contributed by atoms with Gasteiger partial charge in [-0.25, -0.2) is 9.78 Å². The molecule has 3 aromatic carbocycles. The molecule has 0 saturated carbocycles. The van der Waals surface area contributed by atoms with Crippen molar-refractivity contribution < 1.29 is 14.7 Å². The van der Waals surface area contributed by atoms with Gasteiger partial charge >= 0.3 is 5.97 Å². The van der Waals surface area contributed by atoms with Crippen LogP contribution in [-0.2, 0) is 15.2 Å². The van der Waals surface area contributed by atoms with Crippen LogP contribution >= 0.6 is 27.3 Å². The second kappa shape index (κ2) is 11.1. The summed E-state index contributed by atoms with van der Waals surface area (Å²) in [5.41, 5.74) is 2.31. The van der Waals surface area contributed by atoms with E-state index in [0.29, 0.717) is 10.5 Å². The van der Waals surface area contributed by atoms with Crippen molar-refractivity contribution in [1.82, 2.24) is 4.98 Å². The number of hydrogen-bond donors (Lipinski definition) is 2. The molecule has 0 atom stereocenters. The minimum Gasteiger partial charge on any atom is -0.476 e. The number of rotatable bonds is 10. The minimum atomic E-state index is -1.20. The highest BCUT2D eigenvalue weighted by Gasteiger charge is 2.37. The summed E-state index contributed by atoms with van der Waals surface area (Å²) in [6.07, 6.45) is 0. The zero-order valence-electron chi connectivity index (χ0n) is 18.1. The van der Waals surface area contributed by atoms with Crippen LogP contribution in [0.4, 0.5) is 5.13 Å². The Kier molecular flexibility index (Phi) is 7.72. The van der Waals surface area contributed by atoms with E-state index in [1.54, 1.807) is 5.38 Å². The number of oxime groups is 1. The van der Waals surface area contributed by atoms with Gasteiger partial charge in [0.15, 0.2) is 5.13 Å². The third-order valence-electron chi connectivity index (χ3n) is 5.19. The summed E-state index contributed by atoms with van der Waals surface area (Å²) in [6, 6.07) is 30.4. The van der Waals surface area contributed by atoms with E-state index in [1.807, 2.05) is 54.6 Å². The fraction of sp³-hybridized carbons (Fsp3) is 0.115. The van der Waals surface area contributed by atoms with E-state index >= 15 is 0 Å². The lowest BCUT2D eigenvalue weighted by Crippen LogP contribution is -2.38. The number of hydrogen-bond acceptors (Lipinski definition) is 6. The Labute approximate surface area is 210 Å². The number of benzene rings is 3. The number of carbonyl (C=O) groups is 1. The SMILES string of the molecule is O=C(O)/C(=N/OCCBr)c1csc(NC(c2ccccc2)(c2ccccc2)c2ccccc2)n1. The van der Waals surface area contributed by atoms with Gasteiger partial charge in [-0.3, -0.25) is 0 Å². The van der Waals surface area contributed by atoms with Gasteiger partial charge in [-0.2, -0.15) is 0 Å². The molecule has 2 N–H and O–H groups in total. The van der Waals surface area contributed by atoms with Crippen LogP contribution in [0.3, 0.4) is 0 Å². The summed E-state index contributed by atoms with van der Waals surface area (Å²) in [7, 11) is 0. The lowest BCUT2D eigenvalue weighted by Gasteiger charge is -2.36. The summed E-state index contributed by atoms with van der Waals surface area (Å²) in [5, 5.41) is 19.8. The molecular weight excluding hydrogens is 514 g/mol. The average Bonchev–Trinajstić information content (AvgIpc) is 3.34. The topological polar surface area (TPSA) is 83.8 Å². The zero-order chi connectivity index (χ0) is 23.8. The first-order valence-corrected chi connectivity index (χ1v) is 12.5. The molecule has 1 heterocycles. The van der Waals surface area contributed by atoms with Crippen LogP contribution in [0.2, 0.25) is 0 Å². The van der Waals surface area contributed by atoms with Crippen LogP contribution in [-0.4, -0.2) is 33.7 Å². The van der Waals surface area contributed by atoms with Gasteiger partial charge in [0.25, 0.3) is 0 Å². The first-order chi connectivity index (χ1) is 16.6. The number of nitrogens with one attached hydrogen (secondary N) is 1. The van der Waals surface area contributed by atoms with Gasteiger partial charge in [-0.15, -0.1) is 11.3 Å². The number of carboxylic acids is 1. The van der Waals surface area contributed by atoms with E-state index in [4.69, 9.17) is 4.84 Å². The minimum absolute atomic E-state index is 0.234. The average molecular weight is 536 g/mol. The molecule has 0 spiro atoms. The Morgan fingerprint density at radius 1 is 0.941 bits per heavy atom. The lowest BCUT2D eigenvalue weighted by atomic mass is 9.77. The van der Waals surface area contributed by atoms with Crippen LogP contribution in [0.25, 0.3) is 0 Å². The summed E-state index contributed by atoms with van der Waals surface area (Å²) in [4.78, 5) is 21.4. The summed E-state index contributed by atoms with van der Waals surface area (Å²) >= 11 is 4.55. The van der Waals surface area contributed by atoms with Gasteiger partial charge in [0.1, 0.15) is 17.8 Å². The zero-order valence-corrected chi connectivity index (χ0v) is 20.5. The first kappa shape index (κ1) is 23.7. The second-order valence-electron chi connectivity index (χ2n) is 7.28. The van der Waals surface area contributed by atoms with Gasteiger partial charge in [0, 0.05) is 10.7 Å². The van der Waals surface area contributed by atoms with Crippen molar-refractivity contribution in [2.45, 2.75) is 5.54 Å². The molecule has 8 heteroatoms. The number of aromatic nitrogens is 1. The van der Waals surface area contributed by atoms with Crippen molar-refractivity contribution >= 4 is 44.1 Å². The van der Waals surface area contributed by atoms with Gasteiger partial charge < -0.3 is 15.3 Å². The van der Waals surface area contributed by atoms with E-state index in [0.717, 1.165) is 16.7 Å². The summed E-state index contributed by atoms with van der Waals surface area (Å²) in [6.45, 7) is 0.255. The van der Waals surface area contributed by atoms with Crippen molar-refractivity contribution in [2.24, 2.45) is 5.16 Å². The Hall–Kier alpha value is -3.49. The van der Waals surface area contributed by atoms with Gasteiger partial charge in [-0.05, 0) is 16.7 Å². The van der Waals surface area contributed by atoms with Crippen LogP contribution < -0.4 is 5.32 Å². The third kappa shape index (κ3) is 5.03. The van der Waals surface area contributed by atoms with Gasteiger partial charge in [-0.1, -0.05) is 112 Å².